The van der Waals surface area contributed by atoms with Crippen LogP contribution in [0.25, 0.3) is 0 Å². The fourth-order valence-corrected chi connectivity index (χ4v) is 2.27. The molecule has 0 unspecified atom stereocenters. The first-order valence-corrected chi connectivity index (χ1v) is 6.32. The number of rotatable bonds is 4. The maximum absolute atomic E-state index is 11.6. The average molecular weight is 302 g/mol. The third-order valence-electron chi connectivity index (χ3n) is 3.39. The molecule has 1 fully saturated rings. The van der Waals surface area contributed by atoms with Crippen molar-refractivity contribution >= 4 is 12.1 Å². The number of hydrogen-bond acceptors (Lipinski definition) is 9. The topological polar surface area (TPSA) is 132 Å². The molecule has 0 spiro atoms. The van der Waals surface area contributed by atoms with E-state index in [0.717, 1.165) is 0 Å². The molecule has 0 aromatic heterocycles. The Morgan fingerprint density at radius 2 is 2.10 bits per heavy atom. The van der Waals surface area contributed by atoms with Gasteiger partial charge in [0, 0.05) is 13.2 Å². The van der Waals surface area contributed by atoms with Crippen molar-refractivity contribution in [3.63, 3.8) is 0 Å². The van der Waals surface area contributed by atoms with E-state index in [2.05, 4.69) is 4.74 Å². The van der Waals surface area contributed by atoms with Gasteiger partial charge in [0.25, 0.3) is 0 Å². The molecule has 0 saturated carbocycles. The Morgan fingerprint density at radius 1 is 1.38 bits per heavy atom. The van der Waals surface area contributed by atoms with E-state index in [0.29, 0.717) is 0 Å². The number of cyclic esters (lactones) is 2. The van der Waals surface area contributed by atoms with Gasteiger partial charge in [-0.2, -0.15) is 0 Å². The maximum atomic E-state index is 11.6. The monoisotopic (exact) mass is 302 g/mol. The van der Waals surface area contributed by atoms with E-state index in [1.165, 1.54) is 20.3 Å². The van der Waals surface area contributed by atoms with Gasteiger partial charge in [-0.05, 0) is 6.08 Å². The zero-order valence-corrected chi connectivity index (χ0v) is 11.7. The lowest BCUT2D eigenvalue weighted by Crippen LogP contribution is -2.59. The Bertz CT molecular complexity index is 453. The summed E-state index contributed by atoms with van der Waals surface area (Å²) in [5, 5.41) is 0. The second kappa shape index (κ2) is 6.29. The third kappa shape index (κ3) is 3.09. The van der Waals surface area contributed by atoms with Crippen LogP contribution in [-0.4, -0.2) is 63.3 Å². The van der Waals surface area contributed by atoms with Crippen LogP contribution < -0.4 is 11.5 Å². The molecule has 0 aliphatic carbocycles. The molecule has 2 heterocycles. The zero-order chi connectivity index (χ0) is 15.6. The summed E-state index contributed by atoms with van der Waals surface area (Å²) >= 11 is 0. The van der Waals surface area contributed by atoms with Gasteiger partial charge in [0.2, 0.25) is 5.76 Å². The SMILES string of the molecule is COC(=O)C1=C[C@H](N)[C@@H](N)[C@H]([C@H](OC)[C@H]2COC(=O)O2)O1. The molecule has 0 bridgehead atoms. The number of carbonyl (C=O) groups is 2. The molecule has 2 aliphatic heterocycles. The van der Waals surface area contributed by atoms with Crippen LogP contribution in [0.2, 0.25) is 0 Å². The summed E-state index contributed by atoms with van der Waals surface area (Å²) in [6, 6.07) is -1.28. The minimum absolute atomic E-state index is 0.0103. The lowest BCUT2D eigenvalue weighted by Gasteiger charge is -2.37. The summed E-state index contributed by atoms with van der Waals surface area (Å²) in [7, 11) is 2.64. The van der Waals surface area contributed by atoms with E-state index < -0.39 is 42.5 Å². The Kier molecular flexibility index (Phi) is 4.66. The molecule has 2 rings (SSSR count). The highest BCUT2D eigenvalue weighted by molar-refractivity contribution is 5.86. The van der Waals surface area contributed by atoms with Crippen LogP contribution >= 0.6 is 0 Å². The van der Waals surface area contributed by atoms with Crippen LogP contribution in [-0.2, 0) is 28.5 Å². The van der Waals surface area contributed by atoms with Crippen molar-refractivity contribution in [3.8, 4) is 0 Å². The second-order valence-corrected chi connectivity index (χ2v) is 4.68. The van der Waals surface area contributed by atoms with E-state index in [9.17, 15) is 9.59 Å². The Hall–Kier alpha value is -1.84. The van der Waals surface area contributed by atoms with Crippen molar-refractivity contribution in [2.75, 3.05) is 20.8 Å². The van der Waals surface area contributed by atoms with Gasteiger partial charge in [-0.15, -0.1) is 0 Å². The molecule has 4 N–H and O–H groups in total. The van der Waals surface area contributed by atoms with Crippen molar-refractivity contribution < 1.29 is 33.3 Å². The second-order valence-electron chi connectivity index (χ2n) is 4.68. The van der Waals surface area contributed by atoms with Gasteiger partial charge in [-0.3, -0.25) is 0 Å². The molecule has 9 heteroatoms. The van der Waals surface area contributed by atoms with Crippen LogP contribution in [0.5, 0.6) is 0 Å². The maximum Gasteiger partial charge on any atom is 0.508 e. The average Bonchev–Trinajstić information content (AvgIpc) is 2.89. The van der Waals surface area contributed by atoms with Gasteiger partial charge in [0.1, 0.15) is 18.8 Å². The van der Waals surface area contributed by atoms with Crippen LogP contribution in [0, 0.1) is 0 Å². The summed E-state index contributed by atoms with van der Waals surface area (Å²) in [4.78, 5) is 22.6. The van der Waals surface area contributed by atoms with E-state index in [-0.39, 0.29) is 12.4 Å². The van der Waals surface area contributed by atoms with Gasteiger partial charge in [-0.1, -0.05) is 0 Å². The number of esters is 1. The third-order valence-corrected chi connectivity index (χ3v) is 3.39. The van der Waals surface area contributed by atoms with Crippen LogP contribution in [0.3, 0.4) is 0 Å². The van der Waals surface area contributed by atoms with Gasteiger partial charge in [-0.25, -0.2) is 9.59 Å². The molecule has 0 radical (unpaired) electrons. The molecule has 5 atom stereocenters. The zero-order valence-electron chi connectivity index (χ0n) is 11.7. The van der Waals surface area contributed by atoms with Gasteiger partial charge in [0.15, 0.2) is 6.10 Å². The summed E-state index contributed by atoms with van der Waals surface area (Å²) in [5.41, 5.74) is 11.9. The fraction of sp³-hybridized carbons (Fsp3) is 0.667. The van der Waals surface area contributed by atoms with Crippen LogP contribution in [0.4, 0.5) is 4.79 Å². The van der Waals surface area contributed by atoms with Crippen LogP contribution in [0.1, 0.15) is 0 Å². The van der Waals surface area contributed by atoms with Crippen molar-refractivity contribution in [2.24, 2.45) is 11.5 Å². The normalized spacial score (nSPS) is 33.3. The summed E-state index contributed by atoms with van der Waals surface area (Å²) in [5.74, 6) is -0.721. The molecule has 2 aliphatic rings. The first-order valence-electron chi connectivity index (χ1n) is 6.32. The van der Waals surface area contributed by atoms with Gasteiger partial charge >= 0.3 is 12.1 Å². The highest BCUT2D eigenvalue weighted by Crippen LogP contribution is 2.25. The smallest absolute Gasteiger partial charge is 0.479 e. The number of methoxy groups -OCH3 is 2. The first kappa shape index (κ1) is 15.5. The lowest BCUT2D eigenvalue weighted by atomic mass is 9.93. The molecule has 9 nitrogen and oxygen atoms in total. The van der Waals surface area contributed by atoms with Crippen molar-refractivity contribution in [1.29, 1.82) is 0 Å². The largest absolute Gasteiger partial charge is 0.508 e. The van der Waals surface area contributed by atoms with Gasteiger partial charge < -0.3 is 35.2 Å². The Labute approximate surface area is 121 Å². The molecule has 0 aromatic rings. The highest BCUT2D eigenvalue weighted by Gasteiger charge is 2.45. The Morgan fingerprint density at radius 3 is 2.62 bits per heavy atom. The predicted molar refractivity (Wildman–Crippen MR) is 67.9 cm³/mol. The van der Waals surface area contributed by atoms with E-state index in [1.807, 2.05) is 0 Å². The van der Waals surface area contributed by atoms with E-state index in [4.69, 9.17) is 30.4 Å². The number of ether oxygens (including phenoxy) is 5. The lowest BCUT2D eigenvalue weighted by molar-refractivity contribution is -0.147. The number of hydrogen-bond donors (Lipinski definition) is 2. The van der Waals surface area contributed by atoms with Crippen LogP contribution in [0.15, 0.2) is 11.8 Å². The van der Waals surface area contributed by atoms with E-state index in [1.54, 1.807) is 0 Å². The first-order chi connectivity index (χ1) is 9.97. The predicted octanol–water partition coefficient (Wildman–Crippen LogP) is -1.35. The summed E-state index contributed by atoms with van der Waals surface area (Å²) in [6.07, 6.45) is -1.62. The number of carbonyl (C=O) groups excluding carboxylic acids is 2. The highest BCUT2D eigenvalue weighted by atomic mass is 16.8. The molecule has 0 amide bonds. The molecule has 21 heavy (non-hydrogen) atoms. The minimum atomic E-state index is -0.792. The minimum Gasteiger partial charge on any atom is -0.479 e. The summed E-state index contributed by atoms with van der Waals surface area (Å²) < 4.78 is 25.1. The molecule has 0 aromatic carbocycles. The quantitative estimate of drug-likeness (QED) is 0.604. The van der Waals surface area contributed by atoms with Crippen molar-refractivity contribution in [3.05, 3.63) is 11.8 Å². The summed E-state index contributed by atoms with van der Waals surface area (Å²) in [6.45, 7) is 0.0103. The van der Waals surface area contributed by atoms with E-state index >= 15 is 0 Å². The fourth-order valence-electron chi connectivity index (χ4n) is 2.27. The molecule has 118 valence electrons. The molecular weight excluding hydrogens is 284 g/mol. The molecular formula is C12H18N2O7. The molecule has 1 saturated heterocycles. The van der Waals surface area contributed by atoms with Gasteiger partial charge in [0.05, 0.1) is 13.2 Å². The standard InChI is InChI=1S/C12H18N2O7/c1-17-9(7-4-19-12(16)21-7)10-8(14)5(13)3-6(20-10)11(15)18-2/h3,5,7-10H,4,13-14H2,1-2H3/t5-,7+,8+,9+,10+/m0/s1. The van der Waals surface area contributed by atoms with Crippen molar-refractivity contribution in [1.82, 2.24) is 0 Å². The number of nitrogens with two attached hydrogens (primary N) is 2. The Balaban J connectivity index is 2.18. The van der Waals surface area contributed by atoms with Crippen molar-refractivity contribution in [2.45, 2.75) is 30.4 Å².